The lowest BCUT2D eigenvalue weighted by atomic mass is 9.81. The third-order valence-corrected chi connectivity index (χ3v) is 5.65. The highest BCUT2D eigenvalue weighted by molar-refractivity contribution is 5.98. The highest BCUT2D eigenvalue weighted by atomic mass is 19.1. The van der Waals surface area contributed by atoms with Crippen molar-refractivity contribution >= 4 is 11.5 Å². The summed E-state index contributed by atoms with van der Waals surface area (Å²) in [6, 6.07) is 16.9. The van der Waals surface area contributed by atoms with E-state index in [0.29, 0.717) is 0 Å². The van der Waals surface area contributed by atoms with Gasteiger partial charge in [-0.2, -0.15) is 0 Å². The lowest BCUT2D eigenvalue weighted by molar-refractivity contribution is -0.148. The number of aryl methyl sites for hydroxylation is 1. The first-order chi connectivity index (χ1) is 13.1. The van der Waals surface area contributed by atoms with Crippen molar-refractivity contribution in [2.75, 3.05) is 19.6 Å². The molecule has 0 N–H and O–H groups in total. The van der Waals surface area contributed by atoms with E-state index < -0.39 is 5.60 Å². The van der Waals surface area contributed by atoms with Crippen LogP contribution in [-0.2, 0) is 16.0 Å². The van der Waals surface area contributed by atoms with E-state index in [1.54, 1.807) is 18.2 Å². The number of piperidine rings is 1. The van der Waals surface area contributed by atoms with Crippen LogP contribution in [0.4, 0.5) is 4.39 Å². The molecule has 2 heterocycles. The first-order valence-electron chi connectivity index (χ1n) is 9.62. The van der Waals surface area contributed by atoms with Crippen LogP contribution in [0.2, 0.25) is 0 Å². The second kappa shape index (κ2) is 7.65. The zero-order valence-corrected chi connectivity index (χ0v) is 15.4. The molecule has 0 saturated carbocycles. The van der Waals surface area contributed by atoms with Crippen molar-refractivity contribution in [3.8, 4) is 0 Å². The molecule has 3 nitrogen and oxygen atoms in total. The summed E-state index contributed by atoms with van der Waals surface area (Å²) < 4.78 is 19.0. The zero-order valence-electron chi connectivity index (χ0n) is 15.4. The fourth-order valence-electron chi connectivity index (χ4n) is 4.16. The third-order valence-electron chi connectivity index (χ3n) is 5.65. The Hall–Kier alpha value is -2.46. The Balaban J connectivity index is 1.36. The number of benzene rings is 2. The van der Waals surface area contributed by atoms with E-state index >= 15 is 0 Å². The molecule has 0 unspecified atom stereocenters. The van der Waals surface area contributed by atoms with E-state index in [0.717, 1.165) is 56.5 Å². The van der Waals surface area contributed by atoms with Crippen LogP contribution in [0.1, 0.15) is 30.4 Å². The number of halogens is 1. The van der Waals surface area contributed by atoms with Crippen LogP contribution in [0.5, 0.6) is 0 Å². The molecule has 0 atom stereocenters. The normalized spacial score (nSPS) is 19.1. The summed E-state index contributed by atoms with van der Waals surface area (Å²) in [4.78, 5) is 14.4. The first kappa shape index (κ1) is 17.9. The van der Waals surface area contributed by atoms with E-state index in [1.807, 2.05) is 6.07 Å². The van der Waals surface area contributed by atoms with E-state index in [9.17, 15) is 9.18 Å². The minimum atomic E-state index is -0.551. The van der Waals surface area contributed by atoms with Gasteiger partial charge < -0.3 is 9.64 Å². The minimum absolute atomic E-state index is 0.271. The number of ether oxygens (including phenoxy) is 1. The highest BCUT2D eigenvalue weighted by Crippen LogP contribution is 2.43. The van der Waals surface area contributed by atoms with Gasteiger partial charge in [-0.3, -0.25) is 0 Å². The number of carbonyl (C=O) groups is 1. The van der Waals surface area contributed by atoms with Crippen molar-refractivity contribution in [3.05, 3.63) is 77.6 Å². The lowest BCUT2D eigenvalue weighted by Gasteiger charge is -2.40. The lowest BCUT2D eigenvalue weighted by Crippen LogP contribution is -2.45. The van der Waals surface area contributed by atoms with Gasteiger partial charge in [0.2, 0.25) is 0 Å². The molecular weight excluding hydrogens is 341 g/mol. The smallest absolute Gasteiger partial charge is 0.332 e. The number of carbonyl (C=O) groups excluding carboxylic acids is 1. The number of nitrogens with zero attached hydrogens (tertiary/aromatic N) is 1. The molecular formula is C23H24FNO2. The van der Waals surface area contributed by atoms with Crippen LogP contribution in [0, 0.1) is 5.82 Å². The molecule has 0 amide bonds. The first-order valence-corrected chi connectivity index (χ1v) is 9.62. The van der Waals surface area contributed by atoms with Crippen LogP contribution in [0.15, 0.2) is 60.7 Å². The Morgan fingerprint density at radius 2 is 1.70 bits per heavy atom. The maximum absolute atomic E-state index is 13.3. The third kappa shape index (κ3) is 3.96. The summed E-state index contributed by atoms with van der Waals surface area (Å²) in [6.07, 6.45) is 5.36. The molecule has 2 aliphatic rings. The van der Waals surface area contributed by atoms with Gasteiger partial charge in [0.05, 0.1) is 0 Å². The highest BCUT2D eigenvalue weighted by Gasteiger charge is 2.45. The quantitative estimate of drug-likeness (QED) is 0.743. The predicted molar refractivity (Wildman–Crippen MR) is 104 cm³/mol. The molecule has 4 rings (SSSR count). The van der Waals surface area contributed by atoms with E-state index in [-0.39, 0.29) is 11.8 Å². The molecule has 0 aromatic heterocycles. The molecule has 2 aromatic carbocycles. The molecule has 1 saturated heterocycles. The van der Waals surface area contributed by atoms with Gasteiger partial charge in [0, 0.05) is 37.6 Å². The molecule has 0 aliphatic carbocycles. The van der Waals surface area contributed by atoms with Gasteiger partial charge >= 0.3 is 5.97 Å². The van der Waals surface area contributed by atoms with Gasteiger partial charge in [0.25, 0.3) is 0 Å². The van der Waals surface area contributed by atoms with Gasteiger partial charge in [-0.1, -0.05) is 42.5 Å². The molecule has 2 aromatic rings. The van der Waals surface area contributed by atoms with Crippen LogP contribution < -0.4 is 0 Å². The monoisotopic (exact) mass is 365 g/mol. The summed E-state index contributed by atoms with van der Waals surface area (Å²) in [5, 5.41) is 0. The molecule has 1 fully saturated rings. The maximum atomic E-state index is 13.3. The largest absolute Gasteiger partial charge is 0.451 e. The van der Waals surface area contributed by atoms with Gasteiger partial charge in [0.15, 0.2) is 0 Å². The molecule has 140 valence electrons. The molecule has 0 bridgehead atoms. The van der Waals surface area contributed by atoms with E-state index in [1.165, 1.54) is 17.7 Å². The number of rotatable bonds is 5. The summed E-state index contributed by atoms with van der Waals surface area (Å²) in [5.74, 6) is -0.557. The number of esters is 1. The number of hydrogen-bond donors (Lipinski definition) is 0. The summed E-state index contributed by atoms with van der Waals surface area (Å²) in [6.45, 7) is 2.86. The average Bonchev–Trinajstić information content (AvgIpc) is 3.01. The molecule has 27 heavy (non-hydrogen) atoms. The fraction of sp³-hybridized carbons (Fsp3) is 0.348. The Morgan fingerprint density at radius 3 is 2.41 bits per heavy atom. The summed E-state index contributed by atoms with van der Waals surface area (Å²) >= 11 is 0. The van der Waals surface area contributed by atoms with E-state index in [2.05, 4.69) is 29.2 Å². The minimum Gasteiger partial charge on any atom is -0.451 e. The SMILES string of the molecule is O=C1C=C(c2ccc(F)cc2)C2(CCN(CCCc3ccccc3)CC2)O1. The maximum Gasteiger partial charge on any atom is 0.332 e. The molecule has 2 aliphatic heterocycles. The predicted octanol–water partition coefficient (Wildman–Crippen LogP) is 4.23. The van der Waals surface area contributed by atoms with Crippen molar-refractivity contribution in [2.24, 2.45) is 0 Å². The van der Waals surface area contributed by atoms with Gasteiger partial charge in [-0.05, 0) is 42.6 Å². The Labute approximate surface area is 159 Å². The van der Waals surface area contributed by atoms with Crippen molar-refractivity contribution in [1.82, 2.24) is 4.90 Å². The zero-order chi connectivity index (χ0) is 18.7. The average molecular weight is 365 g/mol. The standard InChI is InChI=1S/C23H24FNO2/c24-20-10-8-19(9-11-20)21-17-22(26)27-23(21)12-15-25(16-13-23)14-4-7-18-5-2-1-3-6-18/h1-3,5-6,8-11,17H,4,7,12-16H2. The van der Waals surface area contributed by atoms with Gasteiger partial charge in [0.1, 0.15) is 11.4 Å². The number of hydrogen-bond acceptors (Lipinski definition) is 3. The van der Waals surface area contributed by atoms with Crippen LogP contribution in [0.3, 0.4) is 0 Å². The summed E-state index contributed by atoms with van der Waals surface area (Å²) in [5.41, 5.74) is 2.60. The van der Waals surface area contributed by atoms with Gasteiger partial charge in [-0.15, -0.1) is 0 Å². The van der Waals surface area contributed by atoms with Crippen LogP contribution >= 0.6 is 0 Å². The fourth-order valence-corrected chi connectivity index (χ4v) is 4.16. The van der Waals surface area contributed by atoms with Crippen molar-refractivity contribution < 1.29 is 13.9 Å². The summed E-state index contributed by atoms with van der Waals surface area (Å²) in [7, 11) is 0. The van der Waals surface area contributed by atoms with Crippen LogP contribution in [0.25, 0.3) is 5.57 Å². The Bertz CT molecular complexity index is 821. The Morgan fingerprint density at radius 1 is 1.00 bits per heavy atom. The van der Waals surface area contributed by atoms with Crippen molar-refractivity contribution in [2.45, 2.75) is 31.3 Å². The Kier molecular flexibility index (Phi) is 5.08. The van der Waals surface area contributed by atoms with E-state index in [4.69, 9.17) is 4.74 Å². The topological polar surface area (TPSA) is 29.5 Å². The van der Waals surface area contributed by atoms with Crippen molar-refractivity contribution in [1.29, 1.82) is 0 Å². The molecule has 4 heteroatoms. The second-order valence-electron chi connectivity index (χ2n) is 7.41. The van der Waals surface area contributed by atoms with Gasteiger partial charge in [-0.25, -0.2) is 9.18 Å². The molecule has 0 radical (unpaired) electrons. The second-order valence-corrected chi connectivity index (χ2v) is 7.41. The van der Waals surface area contributed by atoms with Crippen molar-refractivity contribution in [3.63, 3.8) is 0 Å². The number of likely N-dealkylation sites (tertiary alicyclic amines) is 1. The molecule has 1 spiro atoms. The van der Waals surface area contributed by atoms with Crippen LogP contribution in [-0.4, -0.2) is 36.1 Å².